The molecule has 11 heteroatoms. The zero-order chi connectivity index (χ0) is 21.8. The topological polar surface area (TPSA) is 121 Å². The average Bonchev–Trinajstić information content (AvgIpc) is 2.76. The molecule has 4 heterocycles. The number of pyridine rings is 2. The Morgan fingerprint density at radius 1 is 1.26 bits per heavy atom. The summed E-state index contributed by atoms with van der Waals surface area (Å²) < 4.78 is 26.6. The van der Waals surface area contributed by atoms with Crippen LogP contribution < -0.4 is 21.5 Å². The van der Waals surface area contributed by atoms with Gasteiger partial charge in [-0.1, -0.05) is 0 Å². The van der Waals surface area contributed by atoms with Crippen molar-refractivity contribution in [1.82, 2.24) is 24.8 Å². The van der Waals surface area contributed by atoms with Crippen LogP contribution in [0.25, 0.3) is 11.0 Å². The van der Waals surface area contributed by atoms with Crippen LogP contribution in [0.2, 0.25) is 0 Å². The van der Waals surface area contributed by atoms with Crippen LogP contribution >= 0.6 is 0 Å². The van der Waals surface area contributed by atoms with Crippen LogP contribution in [0.15, 0.2) is 35.4 Å². The van der Waals surface area contributed by atoms with Crippen molar-refractivity contribution in [3.05, 3.63) is 46.6 Å². The van der Waals surface area contributed by atoms with E-state index in [0.717, 1.165) is 30.5 Å². The number of hydrogen-bond donors (Lipinski definition) is 3. The predicted octanol–water partition coefficient (Wildman–Crippen LogP) is 2.23. The quantitative estimate of drug-likeness (QED) is 0.549. The van der Waals surface area contributed by atoms with Crippen LogP contribution in [0.1, 0.15) is 18.5 Å². The molecule has 160 valence electrons. The van der Waals surface area contributed by atoms with Gasteiger partial charge < -0.3 is 16.0 Å². The smallest absolute Gasteiger partial charge is 0.256 e. The number of halogens is 2. The minimum Gasteiger partial charge on any atom is -0.380 e. The van der Waals surface area contributed by atoms with E-state index in [9.17, 15) is 18.8 Å². The molecule has 31 heavy (non-hydrogen) atoms. The van der Waals surface area contributed by atoms with E-state index >= 15 is 0 Å². The number of alkyl halides is 2. The lowest BCUT2D eigenvalue weighted by Gasteiger charge is -2.25. The standard InChI is InChI=1S/C20H20F2N8O/c21-18(22)11-30-17-10-26-20(29-14(17)1-2-19(30)31)28-13-7-15(16(8-23)25-9-13)27-12-3-5-24-6-4-12/h1-2,7,9-10,12,18,24,27H,3-6,11H2,(H,26,28,29). The Hall–Kier alpha value is -3.65. The van der Waals surface area contributed by atoms with Crippen molar-refractivity contribution in [3.63, 3.8) is 0 Å². The third-order valence-electron chi connectivity index (χ3n) is 5.01. The third-order valence-corrected chi connectivity index (χ3v) is 5.01. The summed E-state index contributed by atoms with van der Waals surface area (Å²) >= 11 is 0. The molecule has 9 nitrogen and oxygen atoms in total. The van der Waals surface area contributed by atoms with E-state index in [2.05, 4.69) is 37.0 Å². The number of piperidine rings is 1. The Morgan fingerprint density at radius 3 is 2.81 bits per heavy atom. The van der Waals surface area contributed by atoms with E-state index in [1.54, 1.807) is 6.07 Å². The largest absolute Gasteiger partial charge is 0.380 e. The SMILES string of the molecule is N#Cc1ncc(Nc2ncc3c(ccc(=O)n3CC(F)F)n2)cc1NC1CCNCC1. The maximum absolute atomic E-state index is 12.8. The summed E-state index contributed by atoms with van der Waals surface area (Å²) in [7, 11) is 0. The first kappa shape index (κ1) is 20.6. The van der Waals surface area contributed by atoms with Crippen molar-refractivity contribution in [3.8, 4) is 6.07 Å². The Labute approximate surface area is 176 Å². The molecule has 0 aromatic carbocycles. The van der Waals surface area contributed by atoms with Crippen molar-refractivity contribution >= 4 is 28.4 Å². The number of nitrogens with one attached hydrogen (secondary N) is 3. The number of rotatable bonds is 6. The van der Waals surface area contributed by atoms with Crippen molar-refractivity contribution < 1.29 is 8.78 Å². The zero-order valence-corrected chi connectivity index (χ0v) is 16.5. The number of anilines is 3. The van der Waals surface area contributed by atoms with Gasteiger partial charge in [0, 0.05) is 12.1 Å². The molecule has 0 atom stereocenters. The summed E-state index contributed by atoms with van der Waals surface area (Å²) in [4.78, 5) is 24.6. The molecule has 4 rings (SSSR count). The van der Waals surface area contributed by atoms with Gasteiger partial charge in [-0.05, 0) is 38.1 Å². The maximum atomic E-state index is 12.8. The maximum Gasteiger partial charge on any atom is 0.256 e. The number of fused-ring (bicyclic) bond motifs is 1. The van der Waals surface area contributed by atoms with Crippen LogP contribution in [-0.2, 0) is 6.54 Å². The molecule has 1 fully saturated rings. The molecule has 3 N–H and O–H groups in total. The van der Waals surface area contributed by atoms with E-state index in [-0.39, 0.29) is 17.5 Å². The first-order valence-corrected chi connectivity index (χ1v) is 9.82. The lowest BCUT2D eigenvalue weighted by atomic mass is 10.1. The molecule has 0 saturated carbocycles. The molecular weight excluding hydrogens is 406 g/mol. The molecule has 0 spiro atoms. The van der Waals surface area contributed by atoms with Gasteiger partial charge in [0.2, 0.25) is 5.95 Å². The Morgan fingerprint density at radius 2 is 2.06 bits per heavy atom. The second-order valence-electron chi connectivity index (χ2n) is 7.16. The molecule has 3 aromatic rings. The highest BCUT2D eigenvalue weighted by molar-refractivity contribution is 5.75. The molecule has 0 amide bonds. The van der Waals surface area contributed by atoms with E-state index in [1.807, 2.05) is 0 Å². The number of aromatic nitrogens is 4. The monoisotopic (exact) mass is 426 g/mol. The number of nitrogens with zero attached hydrogens (tertiary/aromatic N) is 5. The molecule has 1 aliphatic rings. The molecular formula is C20H20F2N8O. The van der Waals surface area contributed by atoms with E-state index in [1.165, 1.54) is 24.5 Å². The van der Waals surface area contributed by atoms with Gasteiger partial charge in [0.05, 0.1) is 41.3 Å². The highest BCUT2D eigenvalue weighted by Gasteiger charge is 2.16. The van der Waals surface area contributed by atoms with Gasteiger partial charge in [-0.25, -0.2) is 23.7 Å². The fourth-order valence-electron chi connectivity index (χ4n) is 3.51. The number of hydrogen-bond acceptors (Lipinski definition) is 8. The first-order chi connectivity index (χ1) is 15.0. The molecule has 0 aliphatic carbocycles. The predicted molar refractivity (Wildman–Crippen MR) is 112 cm³/mol. The van der Waals surface area contributed by atoms with Gasteiger partial charge in [0.1, 0.15) is 6.07 Å². The second kappa shape index (κ2) is 9.01. The molecule has 1 aliphatic heterocycles. The minimum atomic E-state index is -2.67. The van der Waals surface area contributed by atoms with Gasteiger partial charge >= 0.3 is 0 Å². The summed E-state index contributed by atoms with van der Waals surface area (Å²) in [6, 6.07) is 6.76. The van der Waals surface area contributed by atoms with Crippen LogP contribution in [0.4, 0.5) is 26.1 Å². The van der Waals surface area contributed by atoms with Gasteiger partial charge in [0.15, 0.2) is 5.69 Å². The summed E-state index contributed by atoms with van der Waals surface area (Å²) in [5.41, 5.74) is 1.51. The molecule has 0 radical (unpaired) electrons. The van der Waals surface area contributed by atoms with Crippen LogP contribution in [0, 0.1) is 11.3 Å². The Balaban J connectivity index is 1.60. The summed E-state index contributed by atoms with van der Waals surface area (Å²) in [5.74, 6) is 0.217. The van der Waals surface area contributed by atoms with Crippen molar-refractivity contribution in [1.29, 1.82) is 5.26 Å². The second-order valence-corrected chi connectivity index (χ2v) is 7.16. The highest BCUT2D eigenvalue weighted by atomic mass is 19.3. The summed E-state index contributed by atoms with van der Waals surface area (Å²) in [6.07, 6.45) is 2.04. The summed E-state index contributed by atoms with van der Waals surface area (Å²) in [6.45, 7) is 1.09. The molecule has 1 saturated heterocycles. The fourth-order valence-corrected chi connectivity index (χ4v) is 3.51. The van der Waals surface area contributed by atoms with Crippen molar-refractivity contribution in [2.45, 2.75) is 31.9 Å². The van der Waals surface area contributed by atoms with E-state index in [4.69, 9.17) is 0 Å². The zero-order valence-electron chi connectivity index (χ0n) is 16.5. The van der Waals surface area contributed by atoms with Crippen LogP contribution in [-0.4, -0.2) is 45.1 Å². The van der Waals surface area contributed by atoms with Crippen LogP contribution in [0.3, 0.4) is 0 Å². The fraction of sp³-hybridized carbons (Fsp3) is 0.350. The van der Waals surface area contributed by atoms with Gasteiger partial charge in [-0.3, -0.25) is 9.36 Å². The van der Waals surface area contributed by atoms with Gasteiger partial charge in [-0.2, -0.15) is 5.26 Å². The van der Waals surface area contributed by atoms with Crippen molar-refractivity contribution in [2.75, 3.05) is 23.7 Å². The third kappa shape index (κ3) is 4.75. The van der Waals surface area contributed by atoms with Gasteiger partial charge in [-0.15, -0.1) is 0 Å². The van der Waals surface area contributed by atoms with Crippen molar-refractivity contribution in [2.24, 2.45) is 0 Å². The molecule has 0 unspecified atom stereocenters. The van der Waals surface area contributed by atoms with Gasteiger partial charge in [0.25, 0.3) is 12.0 Å². The Kier molecular flexibility index (Phi) is 5.99. The molecule has 3 aromatic heterocycles. The lowest BCUT2D eigenvalue weighted by molar-refractivity contribution is 0.127. The van der Waals surface area contributed by atoms with Crippen LogP contribution in [0.5, 0.6) is 0 Å². The summed E-state index contributed by atoms with van der Waals surface area (Å²) in [5, 5.41) is 19.1. The van der Waals surface area contributed by atoms with E-state index in [0.29, 0.717) is 22.6 Å². The average molecular weight is 426 g/mol. The number of nitriles is 1. The highest BCUT2D eigenvalue weighted by Crippen LogP contribution is 2.23. The normalized spacial score (nSPS) is 14.5. The van der Waals surface area contributed by atoms with E-state index < -0.39 is 18.5 Å². The Bertz CT molecular complexity index is 1180. The molecule has 0 bridgehead atoms. The lowest BCUT2D eigenvalue weighted by Crippen LogP contribution is -2.35. The minimum absolute atomic E-state index is 0.217. The first-order valence-electron chi connectivity index (χ1n) is 9.82.